The van der Waals surface area contributed by atoms with Gasteiger partial charge < -0.3 is 10.2 Å². The summed E-state index contributed by atoms with van der Waals surface area (Å²) in [5.41, 5.74) is 1.48. The first kappa shape index (κ1) is 22.5. The van der Waals surface area contributed by atoms with Crippen LogP contribution in [0.2, 0.25) is 0 Å². The zero-order valence-electron chi connectivity index (χ0n) is 18.0. The number of carbonyl (C=O) groups is 1. The van der Waals surface area contributed by atoms with E-state index in [4.69, 9.17) is 0 Å². The SMILES string of the molecule is C=CC(=O)Cc1cc(F)cc(-c2nc(Nc3ccc(F)c(N4CCCCC4)c3)ncc2F)c1. The lowest BCUT2D eigenvalue weighted by molar-refractivity contribution is -0.114. The van der Waals surface area contributed by atoms with Gasteiger partial charge in [-0.1, -0.05) is 6.58 Å². The second-order valence-corrected chi connectivity index (χ2v) is 7.92. The van der Waals surface area contributed by atoms with Crippen LogP contribution in [0, 0.1) is 17.5 Å². The third kappa shape index (κ3) is 5.39. The molecule has 33 heavy (non-hydrogen) atoms. The van der Waals surface area contributed by atoms with E-state index in [1.165, 1.54) is 18.2 Å². The summed E-state index contributed by atoms with van der Waals surface area (Å²) < 4.78 is 43.1. The highest BCUT2D eigenvalue weighted by Crippen LogP contribution is 2.29. The Morgan fingerprint density at radius 1 is 1.06 bits per heavy atom. The number of allylic oxidation sites excluding steroid dienone is 1. The second-order valence-electron chi connectivity index (χ2n) is 7.92. The fourth-order valence-corrected chi connectivity index (χ4v) is 3.89. The summed E-state index contributed by atoms with van der Waals surface area (Å²) in [6.45, 7) is 4.98. The number of aromatic nitrogens is 2. The van der Waals surface area contributed by atoms with Crippen LogP contribution in [0.15, 0.2) is 55.3 Å². The van der Waals surface area contributed by atoms with Gasteiger partial charge in [-0.05, 0) is 67.3 Å². The van der Waals surface area contributed by atoms with E-state index >= 15 is 0 Å². The summed E-state index contributed by atoms with van der Waals surface area (Å²) in [6, 6.07) is 8.45. The molecular formula is C25H23F3N4O. The molecule has 0 aliphatic carbocycles. The number of anilines is 3. The normalized spacial score (nSPS) is 13.6. The molecule has 1 aliphatic heterocycles. The van der Waals surface area contributed by atoms with E-state index < -0.39 is 11.6 Å². The van der Waals surface area contributed by atoms with Crippen molar-refractivity contribution in [3.8, 4) is 11.3 Å². The van der Waals surface area contributed by atoms with Crippen molar-refractivity contribution < 1.29 is 18.0 Å². The zero-order valence-corrected chi connectivity index (χ0v) is 18.0. The fraction of sp³-hybridized carbons (Fsp3) is 0.240. The Kier molecular flexibility index (Phi) is 6.72. The Bertz CT molecular complexity index is 1190. The van der Waals surface area contributed by atoms with Gasteiger partial charge in [-0.3, -0.25) is 4.79 Å². The van der Waals surface area contributed by atoms with Gasteiger partial charge in [-0.15, -0.1) is 0 Å². The topological polar surface area (TPSA) is 58.1 Å². The highest BCUT2D eigenvalue weighted by Gasteiger charge is 2.17. The van der Waals surface area contributed by atoms with Gasteiger partial charge in [0.05, 0.1) is 11.9 Å². The Morgan fingerprint density at radius 2 is 1.85 bits per heavy atom. The number of hydrogen-bond acceptors (Lipinski definition) is 5. The van der Waals surface area contributed by atoms with E-state index in [2.05, 4.69) is 21.9 Å². The first-order chi connectivity index (χ1) is 15.9. The quantitative estimate of drug-likeness (QED) is 0.474. The maximum atomic E-state index is 14.5. The van der Waals surface area contributed by atoms with E-state index in [0.29, 0.717) is 16.9 Å². The van der Waals surface area contributed by atoms with Crippen LogP contribution >= 0.6 is 0 Å². The number of benzene rings is 2. The van der Waals surface area contributed by atoms with Crippen LogP contribution in [0.25, 0.3) is 11.3 Å². The molecule has 0 atom stereocenters. The first-order valence-electron chi connectivity index (χ1n) is 10.7. The molecule has 0 bridgehead atoms. The average Bonchev–Trinajstić information content (AvgIpc) is 2.81. The Balaban J connectivity index is 1.62. The van der Waals surface area contributed by atoms with Gasteiger partial charge in [0.15, 0.2) is 11.6 Å². The third-order valence-electron chi connectivity index (χ3n) is 5.48. The number of ketones is 1. The number of rotatable bonds is 7. The van der Waals surface area contributed by atoms with Gasteiger partial charge in [0.25, 0.3) is 0 Å². The van der Waals surface area contributed by atoms with Crippen LogP contribution in [0.4, 0.5) is 30.5 Å². The van der Waals surface area contributed by atoms with Gasteiger partial charge >= 0.3 is 0 Å². The molecule has 1 N–H and O–H groups in total. The molecule has 2 heterocycles. The van der Waals surface area contributed by atoms with Crippen LogP contribution in [0.1, 0.15) is 24.8 Å². The largest absolute Gasteiger partial charge is 0.369 e. The Morgan fingerprint density at radius 3 is 2.61 bits per heavy atom. The lowest BCUT2D eigenvalue weighted by Gasteiger charge is -2.29. The predicted octanol–water partition coefficient (Wildman–Crippen LogP) is 5.59. The smallest absolute Gasteiger partial charge is 0.227 e. The summed E-state index contributed by atoms with van der Waals surface area (Å²) >= 11 is 0. The predicted molar refractivity (Wildman–Crippen MR) is 122 cm³/mol. The number of nitrogens with zero attached hydrogens (tertiary/aromatic N) is 3. The van der Waals surface area contributed by atoms with Crippen molar-refractivity contribution >= 4 is 23.1 Å². The van der Waals surface area contributed by atoms with Crippen molar-refractivity contribution in [3.63, 3.8) is 0 Å². The summed E-state index contributed by atoms with van der Waals surface area (Å²) in [6.07, 6.45) is 5.23. The lowest BCUT2D eigenvalue weighted by Crippen LogP contribution is -2.30. The van der Waals surface area contributed by atoms with Crippen molar-refractivity contribution in [1.29, 1.82) is 0 Å². The molecule has 1 saturated heterocycles. The molecule has 1 aliphatic rings. The average molecular weight is 452 g/mol. The van der Waals surface area contributed by atoms with Gasteiger partial charge in [0.1, 0.15) is 17.3 Å². The zero-order chi connectivity index (χ0) is 23.4. The molecule has 5 nitrogen and oxygen atoms in total. The van der Waals surface area contributed by atoms with Crippen molar-refractivity contribution in [2.24, 2.45) is 0 Å². The molecule has 2 aromatic carbocycles. The fourth-order valence-electron chi connectivity index (χ4n) is 3.89. The second kappa shape index (κ2) is 9.85. The highest BCUT2D eigenvalue weighted by atomic mass is 19.1. The number of halogens is 3. The summed E-state index contributed by atoms with van der Waals surface area (Å²) in [4.78, 5) is 21.8. The molecular weight excluding hydrogens is 429 g/mol. The third-order valence-corrected chi connectivity index (χ3v) is 5.48. The number of hydrogen-bond donors (Lipinski definition) is 1. The maximum absolute atomic E-state index is 14.5. The van der Waals surface area contributed by atoms with Gasteiger partial charge in [-0.2, -0.15) is 0 Å². The Hall–Kier alpha value is -3.68. The van der Waals surface area contributed by atoms with Gasteiger partial charge in [0, 0.05) is 30.8 Å². The molecule has 1 fully saturated rings. The standard InChI is InChI=1S/C25H23F3N4O/c1-2-20(33)12-16-10-17(13-18(26)11-16)24-22(28)15-29-25(31-24)30-19-6-7-21(27)23(14-19)32-8-4-3-5-9-32/h2,6-7,10-11,13-15H,1,3-5,8-9,12H2,(H,29,30,31). The maximum Gasteiger partial charge on any atom is 0.227 e. The van der Waals surface area contributed by atoms with Crippen LogP contribution in [0.5, 0.6) is 0 Å². The molecule has 1 aromatic heterocycles. The van der Waals surface area contributed by atoms with Crippen LogP contribution in [0.3, 0.4) is 0 Å². The molecule has 170 valence electrons. The van der Waals surface area contributed by atoms with Crippen LogP contribution in [-0.4, -0.2) is 28.8 Å². The molecule has 0 spiro atoms. The van der Waals surface area contributed by atoms with Crippen LogP contribution < -0.4 is 10.2 Å². The van der Waals surface area contributed by atoms with E-state index in [0.717, 1.165) is 50.7 Å². The number of nitrogens with one attached hydrogen (secondary N) is 1. The van der Waals surface area contributed by atoms with Crippen molar-refractivity contribution in [1.82, 2.24) is 9.97 Å². The van der Waals surface area contributed by atoms with Crippen molar-refractivity contribution in [2.75, 3.05) is 23.3 Å². The molecule has 4 rings (SSSR count). The summed E-state index contributed by atoms with van der Waals surface area (Å²) in [5, 5.41) is 2.98. The Labute approximate surface area is 190 Å². The van der Waals surface area contributed by atoms with E-state index in [1.54, 1.807) is 12.1 Å². The molecule has 0 unspecified atom stereocenters. The monoisotopic (exact) mass is 452 g/mol. The number of carbonyl (C=O) groups excluding carboxylic acids is 1. The van der Waals surface area contributed by atoms with E-state index in [1.807, 2.05) is 4.90 Å². The van der Waals surface area contributed by atoms with E-state index in [-0.39, 0.29) is 35.2 Å². The van der Waals surface area contributed by atoms with Crippen LogP contribution in [-0.2, 0) is 11.2 Å². The van der Waals surface area contributed by atoms with E-state index in [9.17, 15) is 18.0 Å². The minimum absolute atomic E-state index is 0.0546. The minimum atomic E-state index is -0.736. The lowest BCUT2D eigenvalue weighted by atomic mass is 10.0. The number of piperidine rings is 1. The molecule has 0 amide bonds. The summed E-state index contributed by atoms with van der Waals surface area (Å²) in [7, 11) is 0. The highest BCUT2D eigenvalue weighted by molar-refractivity contribution is 5.91. The summed E-state index contributed by atoms with van der Waals surface area (Å²) in [5.74, 6) is -1.87. The molecule has 8 heteroatoms. The first-order valence-corrected chi connectivity index (χ1v) is 10.7. The minimum Gasteiger partial charge on any atom is -0.369 e. The molecule has 3 aromatic rings. The molecule has 0 radical (unpaired) electrons. The van der Waals surface area contributed by atoms with Crippen molar-refractivity contribution in [3.05, 3.63) is 78.3 Å². The van der Waals surface area contributed by atoms with Crippen molar-refractivity contribution in [2.45, 2.75) is 25.7 Å². The van der Waals surface area contributed by atoms with Gasteiger partial charge in [-0.25, -0.2) is 23.1 Å². The molecule has 0 saturated carbocycles. The van der Waals surface area contributed by atoms with Gasteiger partial charge in [0.2, 0.25) is 5.95 Å².